The van der Waals surface area contributed by atoms with Crippen molar-refractivity contribution in [1.82, 2.24) is 4.90 Å². The summed E-state index contributed by atoms with van der Waals surface area (Å²) >= 11 is 0. The molecule has 3 aliphatic rings. The summed E-state index contributed by atoms with van der Waals surface area (Å²) in [7, 11) is 1.49. The summed E-state index contributed by atoms with van der Waals surface area (Å²) in [5.74, 6) is 0.241. The largest absolute Gasteiger partial charge is 0.394 e. The number of carbonyl (C=O) groups excluding carboxylic acids is 2. The fourth-order valence-electron chi connectivity index (χ4n) is 4.19. The van der Waals surface area contributed by atoms with Gasteiger partial charge in [0, 0.05) is 31.2 Å². The smallest absolute Gasteiger partial charge is 0.249 e. The lowest BCUT2D eigenvalue weighted by molar-refractivity contribution is -0.155. The first-order valence-electron chi connectivity index (χ1n) is 8.48. The average Bonchev–Trinajstić information content (AvgIpc) is 3.40. The highest BCUT2D eigenvalue weighted by atomic mass is 16.5. The van der Waals surface area contributed by atoms with Crippen LogP contribution in [0.2, 0.25) is 0 Å². The number of rotatable bonds is 4. The fraction of sp³-hybridized carbons (Fsp3) is 0.556. The summed E-state index contributed by atoms with van der Waals surface area (Å²) in [4.78, 5) is 28.6. The molecular weight excluding hydrogens is 308 g/mol. The van der Waals surface area contributed by atoms with Gasteiger partial charge < -0.3 is 19.6 Å². The van der Waals surface area contributed by atoms with E-state index < -0.39 is 0 Å². The molecule has 2 heterocycles. The van der Waals surface area contributed by atoms with E-state index in [-0.39, 0.29) is 48.9 Å². The molecule has 1 aliphatic carbocycles. The molecule has 2 aliphatic heterocycles. The van der Waals surface area contributed by atoms with Crippen LogP contribution in [0.5, 0.6) is 0 Å². The number of aliphatic hydroxyl groups is 1. The number of aliphatic hydroxyl groups excluding tert-OH is 1. The number of anilines is 1. The van der Waals surface area contributed by atoms with Crippen LogP contribution in [0, 0.1) is 5.92 Å². The van der Waals surface area contributed by atoms with Crippen LogP contribution in [-0.4, -0.2) is 60.8 Å². The SMILES string of the molecule is COCC(=O)N1[C@@H]2CN(C(=O)C3CC3)c3ccccc3[C@@H]2[C@@H]1CO. The van der Waals surface area contributed by atoms with Gasteiger partial charge in [0.25, 0.3) is 0 Å². The molecule has 0 bridgehead atoms. The first-order valence-corrected chi connectivity index (χ1v) is 8.48. The summed E-state index contributed by atoms with van der Waals surface area (Å²) in [6, 6.07) is 7.56. The Labute approximate surface area is 141 Å². The molecule has 0 radical (unpaired) electrons. The van der Waals surface area contributed by atoms with Gasteiger partial charge in [-0.25, -0.2) is 0 Å². The molecule has 128 valence electrons. The minimum atomic E-state index is -0.239. The van der Waals surface area contributed by atoms with Crippen LogP contribution in [0.1, 0.15) is 24.3 Å². The highest BCUT2D eigenvalue weighted by Crippen LogP contribution is 2.49. The zero-order valence-corrected chi connectivity index (χ0v) is 13.7. The predicted molar refractivity (Wildman–Crippen MR) is 87.6 cm³/mol. The number of carbonyl (C=O) groups is 2. The molecule has 1 saturated carbocycles. The fourth-order valence-corrected chi connectivity index (χ4v) is 4.19. The Bertz CT molecular complexity index is 673. The van der Waals surface area contributed by atoms with E-state index >= 15 is 0 Å². The molecule has 24 heavy (non-hydrogen) atoms. The Morgan fingerprint density at radius 1 is 1.29 bits per heavy atom. The molecule has 3 atom stereocenters. The van der Waals surface area contributed by atoms with Crippen LogP contribution in [0.3, 0.4) is 0 Å². The number of benzene rings is 1. The predicted octanol–water partition coefficient (Wildman–Crippen LogP) is 0.745. The molecule has 6 nitrogen and oxygen atoms in total. The monoisotopic (exact) mass is 330 g/mol. The maximum atomic E-state index is 12.7. The standard InChI is InChI=1S/C18H22N2O4/c1-24-10-16(22)20-14-8-19(18(23)11-6-7-11)13-5-3-2-4-12(13)17(14)15(20)9-21/h2-5,11,14-15,17,21H,6-10H2,1H3/t14-,15+,17+/m1/s1. The highest BCUT2D eigenvalue weighted by molar-refractivity contribution is 5.98. The first kappa shape index (κ1) is 15.6. The van der Waals surface area contributed by atoms with Gasteiger partial charge in [0.1, 0.15) is 6.61 Å². The number of nitrogens with zero attached hydrogens (tertiary/aromatic N) is 2. The Kier molecular flexibility index (Phi) is 3.81. The molecule has 0 spiro atoms. The van der Waals surface area contributed by atoms with Gasteiger partial charge in [-0.1, -0.05) is 18.2 Å². The van der Waals surface area contributed by atoms with E-state index in [0.29, 0.717) is 6.54 Å². The number of methoxy groups -OCH3 is 1. The first-order chi connectivity index (χ1) is 11.7. The number of ether oxygens (including phenoxy) is 1. The zero-order valence-electron chi connectivity index (χ0n) is 13.7. The molecule has 0 unspecified atom stereocenters. The second-order valence-corrected chi connectivity index (χ2v) is 6.86. The maximum absolute atomic E-state index is 12.7. The van der Waals surface area contributed by atoms with Crippen LogP contribution < -0.4 is 4.90 Å². The minimum absolute atomic E-state index is 0.00205. The number of hydrogen-bond acceptors (Lipinski definition) is 4. The Hall–Kier alpha value is -1.92. The van der Waals surface area contributed by atoms with Gasteiger partial charge in [-0.05, 0) is 24.5 Å². The van der Waals surface area contributed by atoms with Crippen molar-refractivity contribution in [3.8, 4) is 0 Å². The number of amides is 2. The van der Waals surface area contributed by atoms with Crippen LogP contribution in [-0.2, 0) is 14.3 Å². The molecule has 2 fully saturated rings. The van der Waals surface area contributed by atoms with Gasteiger partial charge in [0.2, 0.25) is 11.8 Å². The van der Waals surface area contributed by atoms with E-state index in [2.05, 4.69) is 0 Å². The van der Waals surface area contributed by atoms with E-state index in [1.807, 2.05) is 29.2 Å². The molecule has 1 N–H and O–H groups in total. The Morgan fingerprint density at radius 3 is 2.71 bits per heavy atom. The quantitative estimate of drug-likeness (QED) is 0.884. The van der Waals surface area contributed by atoms with Gasteiger partial charge in [0.05, 0.1) is 18.7 Å². The van der Waals surface area contributed by atoms with E-state index in [1.54, 1.807) is 4.90 Å². The van der Waals surface area contributed by atoms with Crippen LogP contribution in [0.15, 0.2) is 24.3 Å². The second kappa shape index (κ2) is 5.86. The second-order valence-electron chi connectivity index (χ2n) is 6.86. The van der Waals surface area contributed by atoms with E-state index in [0.717, 1.165) is 24.1 Å². The third-order valence-corrected chi connectivity index (χ3v) is 5.44. The van der Waals surface area contributed by atoms with Crippen LogP contribution >= 0.6 is 0 Å². The van der Waals surface area contributed by atoms with Crippen molar-refractivity contribution in [2.45, 2.75) is 30.8 Å². The summed E-state index contributed by atoms with van der Waals surface area (Å²) in [6.07, 6.45) is 1.91. The molecule has 0 aromatic heterocycles. The number of hydrogen-bond donors (Lipinski definition) is 1. The van der Waals surface area contributed by atoms with E-state index in [4.69, 9.17) is 4.74 Å². The topological polar surface area (TPSA) is 70.1 Å². The normalized spacial score (nSPS) is 28.0. The molecule has 1 aromatic carbocycles. The number of para-hydroxylation sites is 1. The third kappa shape index (κ3) is 2.24. The van der Waals surface area contributed by atoms with Crippen molar-refractivity contribution < 1.29 is 19.4 Å². The Morgan fingerprint density at radius 2 is 2.04 bits per heavy atom. The van der Waals surface area contributed by atoms with Crippen molar-refractivity contribution in [3.05, 3.63) is 29.8 Å². The maximum Gasteiger partial charge on any atom is 0.249 e. The lowest BCUT2D eigenvalue weighted by Gasteiger charge is -2.58. The van der Waals surface area contributed by atoms with Crippen molar-refractivity contribution in [1.29, 1.82) is 0 Å². The number of fused-ring (bicyclic) bond motifs is 3. The molecule has 6 heteroatoms. The highest BCUT2D eigenvalue weighted by Gasteiger charge is 2.55. The van der Waals surface area contributed by atoms with Gasteiger partial charge in [-0.3, -0.25) is 9.59 Å². The summed E-state index contributed by atoms with van der Waals surface area (Å²) in [6.45, 7) is 0.419. The van der Waals surface area contributed by atoms with Gasteiger partial charge in [-0.2, -0.15) is 0 Å². The van der Waals surface area contributed by atoms with Gasteiger partial charge in [-0.15, -0.1) is 0 Å². The van der Waals surface area contributed by atoms with Crippen molar-refractivity contribution >= 4 is 17.5 Å². The van der Waals surface area contributed by atoms with Gasteiger partial charge >= 0.3 is 0 Å². The van der Waals surface area contributed by atoms with Gasteiger partial charge in [0.15, 0.2) is 0 Å². The lowest BCUT2D eigenvalue weighted by Crippen LogP contribution is -2.71. The zero-order chi connectivity index (χ0) is 16.8. The number of likely N-dealkylation sites (tertiary alicyclic amines) is 1. The van der Waals surface area contributed by atoms with Crippen LogP contribution in [0.4, 0.5) is 5.69 Å². The Balaban J connectivity index is 1.69. The molecule has 1 aromatic rings. The lowest BCUT2D eigenvalue weighted by atomic mass is 9.72. The molecular formula is C18H22N2O4. The van der Waals surface area contributed by atoms with Crippen molar-refractivity contribution in [2.24, 2.45) is 5.92 Å². The van der Waals surface area contributed by atoms with E-state index in [1.165, 1.54) is 7.11 Å². The average molecular weight is 330 g/mol. The van der Waals surface area contributed by atoms with Crippen molar-refractivity contribution in [3.63, 3.8) is 0 Å². The minimum Gasteiger partial charge on any atom is -0.394 e. The molecule has 2 amide bonds. The summed E-state index contributed by atoms with van der Waals surface area (Å²) < 4.78 is 4.97. The summed E-state index contributed by atoms with van der Waals surface area (Å²) in [5, 5.41) is 9.80. The van der Waals surface area contributed by atoms with E-state index in [9.17, 15) is 14.7 Å². The summed E-state index contributed by atoms with van der Waals surface area (Å²) in [5.41, 5.74) is 2.00. The molecule has 1 saturated heterocycles. The van der Waals surface area contributed by atoms with Crippen LogP contribution in [0.25, 0.3) is 0 Å². The van der Waals surface area contributed by atoms with Crippen molar-refractivity contribution in [2.75, 3.05) is 31.8 Å². The molecule has 4 rings (SSSR count). The third-order valence-electron chi connectivity index (χ3n) is 5.44.